The van der Waals surface area contributed by atoms with Crippen LogP contribution in [0.15, 0.2) is 48.5 Å². The highest BCUT2D eigenvalue weighted by molar-refractivity contribution is 6.00. The van der Waals surface area contributed by atoms with Crippen LogP contribution in [0.3, 0.4) is 0 Å². The zero-order valence-corrected chi connectivity index (χ0v) is 10.2. The first kappa shape index (κ1) is 13.0. The molecule has 4 N–H and O–H groups in total. The fourth-order valence-corrected chi connectivity index (χ4v) is 1.64. The molecule has 4 nitrogen and oxygen atoms in total. The molecule has 2 amide bonds. The van der Waals surface area contributed by atoms with Crippen LogP contribution in [0.25, 0.3) is 0 Å². The number of carbonyl (C=O) groups excluding carboxylic acids is 1. The summed E-state index contributed by atoms with van der Waals surface area (Å²) in [6.07, 6.45) is 0. The molecule has 0 saturated carbocycles. The van der Waals surface area contributed by atoms with Crippen molar-refractivity contribution in [2.45, 2.75) is 6.54 Å². The molecule has 19 heavy (non-hydrogen) atoms. The Morgan fingerprint density at radius 3 is 2.42 bits per heavy atom. The quantitative estimate of drug-likeness (QED) is 0.793. The summed E-state index contributed by atoms with van der Waals surface area (Å²) in [6, 6.07) is 12.4. The van der Waals surface area contributed by atoms with Crippen LogP contribution in [-0.2, 0) is 6.54 Å². The second kappa shape index (κ2) is 5.97. The Bertz CT molecular complexity index is 569. The van der Waals surface area contributed by atoms with Crippen LogP contribution in [0.1, 0.15) is 5.56 Å². The molecule has 5 heteroatoms. The fraction of sp³-hybridized carbons (Fsp3) is 0.0714. The Balaban J connectivity index is 2.03. The Morgan fingerprint density at radius 2 is 1.74 bits per heavy atom. The van der Waals surface area contributed by atoms with E-state index in [4.69, 9.17) is 5.73 Å². The van der Waals surface area contributed by atoms with Gasteiger partial charge >= 0.3 is 6.03 Å². The number of para-hydroxylation sites is 1. The summed E-state index contributed by atoms with van der Waals surface area (Å²) in [6.45, 7) is 0.340. The van der Waals surface area contributed by atoms with Crippen molar-refractivity contribution in [3.8, 4) is 0 Å². The van der Waals surface area contributed by atoms with Gasteiger partial charge in [0.1, 0.15) is 5.82 Å². The molecule has 0 atom stereocenters. The smallest absolute Gasteiger partial charge is 0.323 e. The summed E-state index contributed by atoms with van der Waals surface area (Å²) < 4.78 is 12.7. The van der Waals surface area contributed by atoms with E-state index in [1.807, 2.05) is 18.2 Å². The molecule has 2 aromatic rings. The lowest BCUT2D eigenvalue weighted by molar-refractivity contribution is 0.262. The van der Waals surface area contributed by atoms with Gasteiger partial charge in [-0.25, -0.2) is 9.18 Å². The van der Waals surface area contributed by atoms with E-state index in [0.717, 1.165) is 5.56 Å². The van der Waals surface area contributed by atoms with Crippen LogP contribution in [0.2, 0.25) is 0 Å². The molecule has 0 spiro atoms. The van der Waals surface area contributed by atoms with Gasteiger partial charge in [0, 0.05) is 17.9 Å². The molecular formula is C14H14FN3O. The molecule has 0 aliphatic carbocycles. The summed E-state index contributed by atoms with van der Waals surface area (Å²) in [4.78, 5) is 11.8. The minimum Gasteiger partial charge on any atom is -0.326 e. The number of nitrogens with one attached hydrogen (secondary N) is 2. The maximum atomic E-state index is 12.7. The van der Waals surface area contributed by atoms with Gasteiger partial charge < -0.3 is 16.4 Å². The summed E-state index contributed by atoms with van der Waals surface area (Å²) >= 11 is 0. The van der Waals surface area contributed by atoms with Gasteiger partial charge in [0.15, 0.2) is 0 Å². The number of hydrogen-bond donors (Lipinski definition) is 3. The van der Waals surface area contributed by atoms with E-state index in [1.54, 1.807) is 6.07 Å². The first-order chi connectivity index (χ1) is 9.19. The highest BCUT2D eigenvalue weighted by Gasteiger charge is 2.05. The van der Waals surface area contributed by atoms with E-state index < -0.39 is 6.03 Å². The zero-order valence-electron chi connectivity index (χ0n) is 10.2. The predicted molar refractivity (Wildman–Crippen MR) is 73.4 cm³/mol. The lowest BCUT2D eigenvalue weighted by atomic mass is 10.2. The summed E-state index contributed by atoms with van der Waals surface area (Å²) in [5.41, 5.74) is 7.60. The van der Waals surface area contributed by atoms with E-state index in [2.05, 4.69) is 10.6 Å². The first-order valence-electron chi connectivity index (χ1n) is 5.80. The first-order valence-corrected chi connectivity index (χ1v) is 5.80. The van der Waals surface area contributed by atoms with Gasteiger partial charge in [0.25, 0.3) is 0 Å². The predicted octanol–water partition coefficient (Wildman–Crippen LogP) is 2.93. The average Bonchev–Trinajstić information content (AvgIpc) is 2.42. The lowest BCUT2D eigenvalue weighted by Crippen LogP contribution is -2.20. The van der Waals surface area contributed by atoms with Crippen LogP contribution in [0.4, 0.5) is 20.6 Å². The highest BCUT2D eigenvalue weighted by atomic mass is 19.1. The molecule has 2 aromatic carbocycles. The molecular weight excluding hydrogens is 245 g/mol. The third kappa shape index (κ3) is 3.53. The molecule has 2 rings (SSSR count). The SMILES string of the molecule is NCc1ccccc1NC(=O)Nc1ccc(F)cc1. The second-order valence-corrected chi connectivity index (χ2v) is 3.95. The average molecular weight is 259 g/mol. The molecule has 0 unspecified atom stereocenters. The topological polar surface area (TPSA) is 67.1 Å². The van der Waals surface area contributed by atoms with E-state index in [0.29, 0.717) is 17.9 Å². The summed E-state index contributed by atoms with van der Waals surface area (Å²) in [5.74, 6) is -0.348. The lowest BCUT2D eigenvalue weighted by Gasteiger charge is -2.10. The van der Waals surface area contributed by atoms with Gasteiger partial charge in [-0.15, -0.1) is 0 Å². The third-order valence-electron chi connectivity index (χ3n) is 2.59. The highest BCUT2D eigenvalue weighted by Crippen LogP contribution is 2.15. The van der Waals surface area contributed by atoms with Crippen LogP contribution in [0.5, 0.6) is 0 Å². The van der Waals surface area contributed by atoms with Crippen molar-refractivity contribution in [1.82, 2.24) is 0 Å². The van der Waals surface area contributed by atoms with Gasteiger partial charge in [-0.05, 0) is 35.9 Å². The Labute approximate surface area is 110 Å². The van der Waals surface area contributed by atoms with Crippen molar-refractivity contribution < 1.29 is 9.18 Å². The number of anilines is 2. The number of rotatable bonds is 3. The van der Waals surface area contributed by atoms with Crippen LogP contribution in [0, 0.1) is 5.82 Å². The van der Waals surface area contributed by atoms with Crippen LogP contribution < -0.4 is 16.4 Å². The van der Waals surface area contributed by atoms with Crippen molar-refractivity contribution >= 4 is 17.4 Å². The number of benzene rings is 2. The molecule has 0 heterocycles. The molecule has 98 valence electrons. The standard InChI is InChI=1S/C14H14FN3O/c15-11-5-7-12(8-6-11)17-14(19)18-13-4-2-1-3-10(13)9-16/h1-8H,9,16H2,(H2,17,18,19). The van der Waals surface area contributed by atoms with Crippen LogP contribution >= 0.6 is 0 Å². The molecule has 0 aliphatic heterocycles. The summed E-state index contributed by atoms with van der Waals surface area (Å²) in [5, 5.41) is 5.31. The summed E-state index contributed by atoms with van der Waals surface area (Å²) in [7, 11) is 0. The minimum atomic E-state index is -0.396. The van der Waals surface area contributed by atoms with E-state index >= 15 is 0 Å². The van der Waals surface area contributed by atoms with Crippen molar-refractivity contribution in [2.24, 2.45) is 5.73 Å². The largest absolute Gasteiger partial charge is 0.326 e. The van der Waals surface area contributed by atoms with Gasteiger partial charge in [-0.2, -0.15) is 0 Å². The molecule has 0 bridgehead atoms. The van der Waals surface area contributed by atoms with Crippen molar-refractivity contribution in [1.29, 1.82) is 0 Å². The minimum absolute atomic E-state index is 0.340. The van der Waals surface area contributed by atoms with Crippen LogP contribution in [-0.4, -0.2) is 6.03 Å². The third-order valence-corrected chi connectivity index (χ3v) is 2.59. The zero-order chi connectivity index (χ0) is 13.7. The van der Waals surface area contributed by atoms with Gasteiger partial charge in [0.2, 0.25) is 0 Å². The molecule has 0 radical (unpaired) electrons. The van der Waals surface area contributed by atoms with Gasteiger partial charge in [-0.3, -0.25) is 0 Å². The Morgan fingerprint density at radius 1 is 1.05 bits per heavy atom. The number of carbonyl (C=O) groups is 1. The number of halogens is 1. The number of hydrogen-bond acceptors (Lipinski definition) is 2. The molecule has 0 aromatic heterocycles. The Hall–Kier alpha value is -2.40. The van der Waals surface area contributed by atoms with Gasteiger partial charge in [-0.1, -0.05) is 18.2 Å². The number of amides is 2. The maximum absolute atomic E-state index is 12.7. The molecule has 0 fully saturated rings. The number of urea groups is 1. The van der Waals surface area contributed by atoms with E-state index in [1.165, 1.54) is 24.3 Å². The second-order valence-electron chi connectivity index (χ2n) is 3.95. The van der Waals surface area contributed by atoms with Crippen molar-refractivity contribution in [3.63, 3.8) is 0 Å². The normalized spacial score (nSPS) is 10.0. The maximum Gasteiger partial charge on any atom is 0.323 e. The van der Waals surface area contributed by atoms with Crippen molar-refractivity contribution in [3.05, 3.63) is 59.9 Å². The Kier molecular flexibility index (Phi) is 4.10. The van der Waals surface area contributed by atoms with Crippen molar-refractivity contribution in [2.75, 3.05) is 10.6 Å². The fourth-order valence-electron chi connectivity index (χ4n) is 1.64. The van der Waals surface area contributed by atoms with E-state index in [9.17, 15) is 9.18 Å². The monoisotopic (exact) mass is 259 g/mol. The van der Waals surface area contributed by atoms with E-state index in [-0.39, 0.29) is 5.82 Å². The van der Waals surface area contributed by atoms with Gasteiger partial charge in [0.05, 0.1) is 0 Å². The molecule has 0 aliphatic rings. The number of nitrogens with two attached hydrogens (primary N) is 1. The molecule has 0 saturated heterocycles.